The van der Waals surface area contributed by atoms with Gasteiger partial charge in [-0.1, -0.05) is 29.3 Å². The quantitative estimate of drug-likeness (QED) is 0.433. The van der Waals surface area contributed by atoms with Crippen LogP contribution in [-0.4, -0.2) is 0 Å². The van der Waals surface area contributed by atoms with Gasteiger partial charge in [0.05, 0.1) is 5.02 Å². The topological polar surface area (TPSA) is 78.1 Å². The number of anilines is 3. The van der Waals surface area contributed by atoms with E-state index in [1.165, 1.54) is 18.2 Å². The maximum absolute atomic E-state index is 12.3. The lowest BCUT2D eigenvalue weighted by Crippen LogP contribution is -1.87. The highest BCUT2D eigenvalue weighted by Gasteiger charge is 1.96. The second kappa shape index (κ2) is 10.4. The van der Waals surface area contributed by atoms with Crippen molar-refractivity contribution in [1.29, 1.82) is 0 Å². The molecular weight excluding hydrogens is 386 g/mol. The van der Waals surface area contributed by atoms with Crippen LogP contribution in [0.2, 0.25) is 10.0 Å². The highest BCUT2D eigenvalue weighted by Crippen LogP contribution is 2.16. The summed E-state index contributed by atoms with van der Waals surface area (Å²) in [5, 5.41) is 0.750. The molecule has 0 saturated heterocycles. The van der Waals surface area contributed by atoms with Crippen LogP contribution in [0.4, 0.5) is 30.2 Å². The fourth-order valence-electron chi connectivity index (χ4n) is 1.59. The summed E-state index contributed by atoms with van der Waals surface area (Å²) in [5.74, 6) is -1.73. The average Bonchev–Trinajstić information content (AvgIpc) is 2.51. The predicted molar refractivity (Wildman–Crippen MR) is 102 cm³/mol. The smallest absolute Gasteiger partial charge is 0.141 e. The van der Waals surface area contributed by atoms with E-state index in [-0.39, 0.29) is 10.7 Å². The molecule has 0 aliphatic heterocycles. The van der Waals surface area contributed by atoms with Gasteiger partial charge >= 0.3 is 0 Å². The number of nitrogens with two attached hydrogens (primary N) is 3. The van der Waals surface area contributed by atoms with E-state index in [1.807, 2.05) is 6.07 Å². The summed E-state index contributed by atoms with van der Waals surface area (Å²) in [5.41, 5.74) is 17.0. The summed E-state index contributed by atoms with van der Waals surface area (Å²) in [7, 11) is 0. The summed E-state index contributed by atoms with van der Waals surface area (Å²) in [6, 6.07) is 14.1. The van der Waals surface area contributed by atoms with E-state index in [4.69, 9.17) is 40.4 Å². The second-order valence-electron chi connectivity index (χ2n) is 4.93. The third-order valence-corrected chi connectivity index (χ3v) is 3.20. The molecular formula is C18H16Cl2F3N3. The number of benzene rings is 3. The molecule has 0 radical (unpaired) electrons. The molecule has 138 valence electrons. The van der Waals surface area contributed by atoms with Crippen LogP contribution in [0.15, 0.2) is 60.7 Å². The lowest BCUT2D eigenvalue weighted by Gasteiger charge is -1.93. The van der Waals surface area contributed by atoms with Crippen LogP contribution in [0.5, 0.6) is 0 Å². The third-order valence-electron chi connectivity index (χ3n) is 2.68. The van der Waals surface area contributed by atoms with E-state index in [1.54, 1.807) is 18.2 Å². The molecule has 3 nitrogen and oxygen atoms in total. The first-order valence-corrected chi connectivity index (χ1v) is 7.86. The fourth-order valence-corrected chi connectivity index (χ4v) is 1.98. The van der Waals surface area contributed by atoms with Crippen LogP contribution in [0.3, 0.4) is 0 Å². The number of nitrogen functional groups attached to an aromatic ring is 3. The molecule has 0 aromatic heterocycles. The van der Waals surface area contributed by atoms with Crippen molar-refractivity contribution in [3.63, 3.8) is 0 Å². The first-order chi connectivity index (χ1) is 12.2. The van der Waals surface area contributed by atoms with Gasteiger partial charge in [-0.25, -0.2) is 13.2 Å². The molecule has 0 aliphatic carbocycles. The van der Waals surface area contributed by atoms with E-state index >= 15 is 0 Å². The van der Waals surface area contributed by atoms with E-state index in [2.05, 4.69) is 0 Å². The lowest BCUT2D eigenvalue weighted by atomic mass is 10.3. The number of hydrogen-bond donors (Lipinski definition) is 3. The third kappa shape index (κ3) is 8.50. The number of halogens is 5. The zero-order valence-corrected chi connectivity index (χ0v) is 14.9. The van der Waals surface area contributed by atoms with Crippen LogP contribution in [0.25, 0.3) is 0 Å². The molecule has 0 bridgehead atoms. The van der Waals surface area contributed by atoms with Crippen LogP contribution in [0, 0.1) is 17.5 Å². The summed E-state index contributed by atoms with van der Waals surface area (Å²) < 4.78 is 36.5. The van der Waals surface area contributed by atoms with Crippen LogP contribution in [0.1, 0.15) is 0 Å². The molecule has 8 heteroatoms. The molecule has 6 N–H and O–H groups in total. The van der Waals surface area contributed by atoms with Gasteiger partial charge in [0.15, 0.2) is 0 Å². The Balaban J connectivity index is 0.000000195. The molecule has 0 amide bonds. The van der Waals surface area contributed by atoms with Crippen molar-refractivity contribution in [2.75, 3.05) is 17.2 Å². The van der Waals surface area contributed by atoms with Crippen molar-refractivity contribution in [3.8, 4) is 0 Å². The molecule has 0 saturated carbocycles. The van der Waals surface area contributed by atoms with E-state index < -0.39 is 17.5 Å². The van der Waals surface area contributed by atoms with Crippen molar-refractivity contribution >= 4 is 40.3 Å². The van der Waals surface area contributed by atoms with E-state index in [0.717, 1.165) is 18.2 Å². The summed E-state index contributed by atoms with van der Waals surface area (Å²) in [6.45, 7) is 0. The highest BCUT2D eigenvalue weighted by atomic mass is 35.5. The van der Waals surface area contributed by atoms with Crippen molar-refractivity contribution in [3.05, 3.63) is 88.2 Å². The highest BCUT2D eigenvalue weighted by molar-refractivity contribution is 6.31. The minimum absolute atomic E-state index is 0.0648. The van der Waals surface area contributed by atoms with Crippen molar-refractivity contribution < 1.29 is 13.2 Å². The second-order valence-corrected chi connectivity index (χ2v) is 5.77. The zero-order chi connectivity index (χ0) is 19.7. The van der Waals surface area contributed by atoms with Gasteiger partial charge in [-0.3, -0.25) is 0 Å². The monoisotopic (exact) mass is 401 g/mol. The minimum Gasteiger partial charge on any atom is -0.399 e. The number of rotatable bonds is 0. The predicted octanol–water partition coefficient (Wildman–Crippen LogP) is 5.53. The van der Waals surface area contributed by atoms with Crippen molar-refractivity contribution in [1.82, 2.24) is 0 Å². The van der Waals surface area contributed by atoms with Crippen LogP contribution < -0.4 is 17.2 Å². The van der Waals surface area contributed by atoms with Crippen molar-refractivity contribution in [2.45, 2.75) is 0 Å². The Kier molecular flexibility index (Phi) is 8.61. The van der Waals surface area contributed by atoms with Gasteiger partial charge in [0, 0.05) is 28.2 Å². The van der Waals surface area contributed by atoms with Gasteiger partial charge in [0.1, 0.15) is 17.5 Å². The molecule has 0 heterocycles. The molecule has 3 aromatic carbocycles. The molecule has 0 unspecified atom stereocenters. The average molecular weight is 402 g/mol. The Hall–Kier alpha value is -2.57. The summed E-state index contributed by atoms with van der Waals surface area (Å²) in [6.07, 6.45) is 0. The minimum atomic E-state index is -0.646. The first-order valence-electron chi connectivity index (χ1n) is 7.10. The SMILES string of the molecule is Nc1cc(F)cc(F)c1.Nc1ccc(F)c(Cl)c1.Nc1cccc(Cl)c1. The Bertz CT molecular complexity index is 793. The Morgan fingerprint density at radius 2 is 1.19 bits per heavy atom. The Labute approximate surface area is 159 Å². The van der Waals surface area contributed by atoms with Gasteiger partial charge in [-0.05, 0) is 48.5 Å². The van der Waals surface area contributed by atoms with Gasteiger partial charge in [-0.15, -0.1) is 0 Å². The molecule has 26 heavy (non-hydrogen) atoms. The Morgan fingerprint density at radius 1 is 0.615 bits per heavy atom. The van der Waals surface area contributed by atoms with Gasteiger partial charge < -0.3 is 17.2 Å². The number of hydrogen-bond acceptors (Lipinski definition) is 3. The molecule has 0 spiro atoms. The maximum Gasteiger partial charge on any atom is 0.141 e. The van der Waals surface area contributed by atoms with Crippen molar-refractivity contribution in [2.24, 2.45) is 0 Å². The fraction of sp³-hybridized carbons (Fsp3) is 0. The Morgan fingerprint density at radius 3 is 1.58 bits per heavy atom. The first kappa shape index (κ1) is 21.5. The summed E-state index contributed by atoms with van der Waals surface area (Å²) >= 11 is 10.9. The van der Waals surface area contributed by atoms with Crippen LogP contribution in [-0.2, 0) is 0 Å². The normalized spacial score (nSPS) is 9.42. The zero-order valence-electron chi connectivity index (χ0n) is 13.4. The molecule has 0 fully saturated rings. The maximum atomic E-state index is 12.3. The largest absolute Gasteiger partial charge is 0.399 e. The van der Waals surface area contributed by atoms with Crippen LogP contribution >= 0.6 is 23.2 Å². The van der Waals surface area contributed by atoms with E-state index in [0.29, 0.717) is 16.4 Å². The molecule has 0 aliphatic rings. The lowest BCUT2D eigenvalue weighted by molar-refractivity contribution is 0.584. The summed E-state index contributed by atoms with van der Waals surface area (Å²) in [4.78, 5) is 0. The van der Waals surface area contributed by atoms with Gasteiger partial charge in [0.25, 0.3) is 0 Å². The molecule has 3 rings (SSSR count). The van der Waals surface area contributed by atoms with Gasteiger partial charge in [0.2, 0.25) is 0 Å². The standard InChI is InChI=1S/C6H5ClFN.C6H6ClN.C6H5F2N/c7-5-3-4(9)1-2-6(5)8;7-5-2-1-3-6(8)4-5;7-4-1-5(8)3-6(9)2-4/h1-3H,9H2;1-4H,8H2;1-3H,9H2. The molecule has 0 atom stereocenters. The van der Waals surface area contributed by atoms with E-state index in [9.17, 15) is 13.2 Å². The van der Waals surface area contributed by atoms with Gasteiger partial charge in [-0.2, -0.15) is 0 Å². The molecule has 3 aromatic rings.